The molecule has 14 nitrogen and oxygen atoms in total. The molecule has 284 valence electrons. The molecule has 7 rings (SSSR count). The molecule has 0 unspecified atom stereocenters. The van der Waals surface area contributed by atoms with Crippen molar-refractivity contribution in [3.63, 3.8) is 0 Å². The number of nitrogens with two attached hydrogens (primary N) is 1. The largest absolute Gasteiger partial charge is 0.490 e. The monoisotopic (exact) mass is 747 g/mol. The van der Waals surface area contributed by atoms with Gasteiger partial charge in [-0.05, 0) is 43.2 Å². The first kappa shape index (κ1) is 36.9. The van der Waals surface area contributed by atoms with Gasteiger partial charge in [0.25, 0.3) is 5.91 Å². The summed E-state index contributed by atoms with van der Waals surface area (Å²) in [7, 11) is 0. The lowest BCUT2D eigenvalue weighted by atomic mass is 9.91. The van der Waals surface area contributed by atoms with Crippen molar-refractivity contribution in [3.05, 3.63) is 102 Å². The normalized spacial score (nSPS) is 23.1. The van der Waals surface area contributed by atoms with Crippen LogP contribution in [0.2, 0.25) is 0 Å². The number of carbonyl (C=O) groups is 2. The summed E-state index contributed by atoms with van der Waals surface area (Å²) < 4.78 is 45.1. The van der Waals surface area contributed by atoms with Gasteiger partial charge in [-0.2, -0.15) is 18.3 Å². The van der Waals surface area contributed by atoms with E-state index >= 15 is 0 Å². The number of nitrogens with zero attached hydrogens (tertiary/aromatic N) is 6. The zero-order valence-electron chi connectivity index (χ0n) is 29.0. The summed E-state index contributed by atoms with van der Waals surface area (Å²) in [5.41, 5.74) is 8.96. The Morgan fingerprint density at radius 1 is 0.944 bits per heavy atom. The smallest absolute Gasteiger partial charge is 0.454 e. The van der Waals surface area contributed by atoms with Crippen LogP contribution in [0.5, 0.6) is 0 Å². The molecule has 1 amide bonds. The number of ether oxygens (including phenoxy) is 1. The lowest BCUT2D eigenvalue weighted by molar-refractivity contribution is -0.201. The van der Waals surface area contributed by atoms with Crippen molar-refractivity contribution >= 4 is 28.9 Å². The number of carbonyl (C=O) groups excluding carboxylic acids is 2. The Hall–Kier alpha value is -5.39. The molecule has 17 heteroatoms. The Morgan fingerprint density at radius 3 is 2.24 bits per heavy atom. The summed E-state index contributed by atoms with van der Waals surface area (Å²) in [6, 6.07) is 18.3. The first-order valence-electron chi connectivity index (χ1n) is 17.7. The molecular weight excluding hydrogens is 707 g/mol. The Balaban J connectivity index is 1.18. The molecular formula is C37H40F3N9O5. The van der Waals surface area contributed by atoms with Crippen LogP contribution in [-0.2, 0) is 16.1 Å². The molecule has 54 heavy (non-hydrogen) atoms. The van der Waals surface area contributed by atoms with Crippen molar-refractivity contribution < 1.29 is 37.7 Å². The second kappa shape index (κ2) is 15.5. The number of aliphatic hydroxyl groups is 2. The highest BCUT2D eigenvalue weighted by atomic mass is 19.4. The van der Waals surface area contributed by atoms with Crippen LogP contribution < -0.4 is 16.4 Å². The highest BCUT2D eigenvalue weighted by Gasteiger charge is 2.45. The van der Waals surface area contributed by atoms with Crippen LogP contribution >= 0.6 is 0 Å². The highest BCUT2D eigenvalue weighted by Crippen LogP contribution is 2.40. The topological polar surface area (TPSA) is 195 Å². The number of imidazole rings is 1. The van der Waals surface area contributed by atoms with Crippen molar-refractivity contribution in [2.75, 3.05) is 11.9 Å². The predicted octanol–water partition coefficient (Wildman–Crippen LogP) is 3.78. The van der Waals surface area contributed by atoms with E-state index in [9.17, 15) is 33.0 Å². The van der Waals surface area contributed by atoms with Gasteiger partial charge in [0.1, 0.15) is 24.3 Å². The van der Waals surface area contributed by atoms with Crippen LogP contribution in [0.25, 0.3) is 11.2 Å². The molecule has 0 bridgehead atoms. The molecule has 0 saturated heterocycles. The molecule has 5 aromatic rings. The molecule has 0 spiro atoms. The number of halogens is 3. The zero-order chi connectivity index (χ0) is 38.0. The van der Waals surface area contributed by atoms with E-state index in [0.29, 0.717) is 17.9 Å². The lowest BCUT2D eigenvalue weighted by Crippen LogP contribution is -2.41. The average Bonchev–Trinajstić information content (AvgIpc) is 3.89. The summed E-state index contributed by atoms with van der Waals surface area (Å²) in [4.78, 5) is 38.8. The Kier molecular flexibility index (Phi) is 10.6. The van der Waals surface area contributed by atoms with Gasteiger partial charge in [0.05, 0.1) is 24.6 Å². The molecule has 3 heterocycles. The van der Waals surface area contributed by atoms with Crippen molar-refractivity contribution in [3.8, 4) is 0 Å². The number of fused-ring (bicyclic) bond motifs is 1. The Labute approximate surface area is 307 Å². The van der Waals surface area contributed by atoms with E-state index in [-0.39, 0.29) is 41.5 Å². The molecule has 2 aliphatic rings. The van der Waals surface area contributed by atoms with Crippen molar-refractivity contribution in [1.82, 2.24) is 34.6 Å². The molecule has 2 saturated carbocycles. The van der Waals surface area contributed by atoms with Crippen LogP contribution in [-0.4, -0.2) is 88.4 Å². The molecule has 4 atom stereocenters. The van der Waals surface area contributed by atoms with Crippen molar-refractivity contribution in [2.45, 2.75) is 87.2 Å². The van der Waals surface area contributed by atoms with E-state index in [2.05, 4.69) is 35.4 Å². The van der Waals surface area contributed by atoms with Crippen LogP contribution in [0, 0.1) is 0 Å². The van der Waals surface area contributed by atoms with Gasteiger partial charge in [0, 0.05) is 36.3 Å². The molecule has 6 N–H and O–H groups in total. The fourth-order valence-corrected chi connectivity index (χ4v) is 7.28. The molecule has 2 aliphatic carbocycles. The standard InChI is InChI=1S/C37H40F3N9O5/c38-37(39,40)36(53)54-19-21-16-44-49(18-21)28-15-27(30(50)31(28)51)48-20-43-29-32(42-17-26(22-7-3-1-4-8-22)23-9-5-2-6-10-23)46-33(47-34(29)48)35(52)45-25-13-11-24(41)12-14-25/h1-10,16,18,20,24-28,30-31,50-51H,11-15,17,19,41H2,(H,45,52)(H,42,46,47)/t24?,25?,27-,28+,30+,31-/m1/s1. The summed E-state index contributed by atoms with van der Waals surface area (Å²) in [6.45, 7) is -0.290. The minimum absolute atomic E-state index is 0.0910. The summed E-state index contributed by atoms with van der Waals surface area (Å²) in [6.07, 6.45) is -0.688. The number of hydrogen-bond donors (Lipinski definition) is 5. The second-order valence-electron chi connectivity index (χ2n) is 13.8. The van der Waals surface area contributed by atoms with Crippen LogP contribution in [0.15, 0.2) is 79.4 Å². The second-order valence-corrected chi connectivity index (χ2v) is 13.8. The lowest BCUT2D eigenvalue weighted by Gasteiger charge is -2.26. The third kappa shape index (κ3) is 7.93. The zero-order valence-corrected chi connectivity index (χ0v) is 29.0. The molecule has 2 aromatic carbocycles. The quantitative estimate of drug-likeness (QED) is 0.123. The van der Waals surface area contributed by atoms with Crippen LogP contribution in [0.4, 0.5) is 19.0 Å². The molecule has 2 fully saturated rings. The number of aliphatic hydroxyl groups excluding tert-OH is 2. The number of hydrogen-bond acceptors (Lipinski definition) is 11. The number of anilines is 1. The maximum absolute atomic E-state index is 13.7. The fraction of sp³-hybridized carbons (Fsp3) is 0.405. The van der Waals surface area contributed by atoms with Gasteiger partial charge in [-0.25, -0.2) is 19.7 Å². The summed E-state index contributed by atoms with van der Waals surface area (Å²) in [5.74, 6) is -2.70. The van der Waals surface area contributed by atoms with E-state index < -0.39 is 49.0 Å². The van der Waals surface area contributed by atoms with Gasteiger partial charge in [-0.3, -0.25) is 9.48 Å². The minimum Gasteiger partial charge on any atom is -0.454 e. The maximum atomic E-state index is 13.7. The van der Waals surface area contributed by atoms with E-state index in [0.717, 1.165) is 36.8 Å². The van der Waals surface area contributed by atoms with E-state index in [1.807, 2.05) is 60.7 Å². The highest BCUT2D eigenvalue weighted by molar-refractivity contribution is 5.94. The molecule has 0 radical (unpaired) electrons. The Morgan fingerprint density at radius 2 is 1.59 bits per heavy atom. The summed E-state index contributed by atoms with van der Waals surface area (Å²) in [5, 5.41) is 33.1. The number of alkyl halides is 3. The van der Waals surface area contributed by atoms with Crippen molar-refractivity contribution in [2.24, 2.45) is 5.73 Å². The average molecular weight is 748 g/mol. The molecule has 3 aromatic heterocycles. The number of amides is 1. The number of aromatic nitrogens is 6. The molecule has 0 aliphatic heterocycles. The number of rotatable bonds is 11. The van der Waals surface area contributed by atoms with Gasteiger partial charge in [0.15, 0.2) is 11.5 Å². The van der Waals surface area contributed by atoms with Crippen molar-refractivity contribution in [1.29, 1.82) is 0 Å². The number of benzene rings is 2. The van der Waals surface area contributed by atoms with E-state index in [4.69, 9.17) is 5.73 Å². The number of nitrogens with one attached hydrogen (secondary N) is 2. The van der Waals surface area contributed by atoms with Gasteiger partial charge >= 0.3 is 12.1 Å². The predicted molar refractivity (Wildman–Crippen MR) is 189 cm³/mol. The summed E-state index contributed by atoms with van der Waals surface area (Å²) >= 11 is 0. The SMILES string of the molecule is NC1CCC(NC(=O)c2nc(NCC(c3ccccc3)c3ccccc3)c3ncn([C@@H]4C[C@H](n5cc(COC(=O)C(F)(F)F)cn5)[C@@H](O)[C@H]4O)c3n2)CC1. The van der Waals surface area contributed by atoms with Gasteiger partial charge < -0.3 is 35.9 Å². The van der Waals surface area contributed by atoms with E-state index in [1.54, 1.807) is 4.57 Å². The van der Waals surface area contributed by atoms with Crippen LogP contribution in [0.1, 0.15) is 77.4 Å². The van der Waals surface area contributed by atoms with E-state index in [1.165, 1.54) is 23.4 Å². The van der Waals surface area contributed by atoms with Gasteiger partial charge in [-0.15, -0.1) is 0 Å². The third-order valence-electron chi connectivity index (χ3n) is 10.2. The number of esters is 1. The van der Waals surface area contributed by atoms with Gasteiger partial charge in [-0.1, -0.05) is 60.7 Å². The first-order chi connectivity index (χ1) is 26.0. The van der Waals surface area contributed by atoms with Gasteiger partial charge in [0.2, 0.25) is 5.82 Å². The minimum atomic E-state index is -5.14. The maximum Gasteiger partial charge on any atom is 0.490 e. The fourth-order valence-electron chi connectivity index (χ4n) is 7.28. The Bertz CT molecular complexity index is 2030. The van der Waals surface area contributed by atoms with Crippen LogP contribution in [0.3, 0.4) is 0 Å². The first-order valence-corrected chi connectivity index (χ1v) is 17.7. The third-order valence-corrected chi connectivity index (χ3v) is 10.2.